The van der Waals surface area contributed by atoms with Crippen LogP contribution in [-0.4, -0.2) is 25.2 Å². The van der Waals surface area contributed by atoms with E-state index in [-0.39, 0.29) is 12.1 Å². The molecule has 0 aromatic heterocycles. The van der Waals surface area contributed by atoms with Crippen LogP contribution in [0.5, 0.6) is 0 Å². The van der Waals surface area contributed by atoms with Crippen LogP contribution >= 0.6 is 0 Å². The number of amides is 2. The minimum Gasteiger partial charge on any atom is -0.399 e. The van der Waals surface area contributed by atoms with Gasteiger partial charge in [-0.25, -0.2) is 4.79 Å². The largest absolute Gasteiger partial charge is 0.399 e. The molecule has 2 aromatic rings. The van der Waals surface area contributed by atoms with Gasteiger partial charge in [0, 0.05) is 37.1 Å². The SMILES string of the molecule is Nc1ccc(N2CCC(N3C(=O)NCc4ccccc43)CC2)cc1. The number of piperidine rings is 1. The van der Waals surface area contributed by atoms with Gasteiger partial charge in [-0.15, -0.1) is 0 Å². The number of hydrogen-bond donors (Lipinski definition) is 2. The number of nitrogens with zero attached hydrogens (tertiary/aromatic N) is 2. The number of fused-ring (bicyclic) bond motifs is 1. The minimum atomic E-state index is 0.0274. The summed E-state index contributed by atoms with van der Waals surface area (Å²) in [5.41, 5.74) is 10.0. The summed E-state index contributed by atoms with van der Waals surface area (Å²) in [6.07, 6.45) is 1.93. The standard InChI is InChI=1S/C19H22N4O/c20-15-5-7-16(8-6-15)22-11-9-17(10-12-22)23-18-4-2-1-3-14(18)13-21-19(23)24/h1-8,17H,9-13,20H2,(H,21,24). The lowest BCUT2D eigenvalue weighted by Gasteiger charge is -2.41. The van der Waals surface area contributed by atoms with Gasteiger partial charge in [-0.3, -0.25) is 4.90 Å². The molecule has 1 fully saturated rings. The van der Waals surface area contributed by atoms with Gasteiger partial charge in [-0.2, -0.15) is 0 Å². The monoisotopic (exact) mass is 322 g/mol. The average Bonchev–Trinajstić information content (AvgIpc) is 2.63. The fraction of sp³-hybridized carbons (Fsp3) is 0.316. The molecule has 124 valence electrons. The van der Waals surface area contributed by atoms with Crippen molar-refractivity contribution in [2.75, 3.05) is 28.6 Å². The van der Waals surface area contributed by atoms with E-state index in [1.807, 2.05) is 29.2 Å². The van der Waals surface area contributed by atoms with Gasteiger partial charge in [0.2, 0.25) is 0 Å². The van der Waals surface area contributed by atoms with Gasteiger partial charge in [0.15, 0.2) is 0 Å². The summed E-state index contributed by atoms with van der Waals surface area (Å²) >= 11 is 0. The number of urea groups is 1. The van der Waals surface area contributed by atoms with Crippen molar-refractivity contribution in [2.45, 2.75) is 25.4 Å². The van der Waals surface area contributed by atoms with E-state index in [1.165, 1.54) is 11.3 Å². The number of hydrogen-bond acceptors (Lipinski definition) is 3. The molecule has 2 heterocycles. The molecule has 2 aliphatic rings. The fourth-order valence-electron chi connectivity index (χ4n) is 3.69. The Bertz CT molecular complexity index is 735. The second-order valence-electron chi connectivity index (χ2n) is 6.47. The molecule has 3 N–H and O–H groups in total. The molecule has 4 rings (SSSR count). The Kier molecular flexibility index (Phi) is 3.76. The summed E-state index contributed by atoms with van der Waals surface area (Å²) in [5, 5.41) is 2.99. The molecule has 2 amide bonds. The number of rotatable bonds is 2. The van der Waals surface area contributed by atoms with E-state index in [0.717, 1.165) is 37.3 Å². The summed E-state index contributed by atoms with van der Waals surface area (Å²) in [4.78, 5) is 16.8. The number of nitrogens with one attached hydrogen (secondary N) is 1. The van der Waals surface area contributed by atoms with E-state index < -0.39 is 0 Å². The number of carbonyl (C=O) groups is 1. The third kappa shape index (κ3) is 2.66. The summed E-state index contributed by atoms with van der Waals surface area (Å²) in [5.74, 6) is 0. The molecule has 0 unspecified atom stereocenters. The summed E-state index contributed by atoms with van der Waals surface area (Å²) in [6.45, 7) is 2.51. The molecule has 0 saturated carbocycles. The van der Waals surface area contributed by atoms with E-state index in [1.54, 1.807) is 0 Å². The van der Waals surface area contributed by atoms with Gasteiger partial charge < -0.3 is 16.0 Å². The first-order chi connectivity index (χ1) is 11.7. The molecule has 0 spiro atoms. The van der Waals surface area contributed by atoms with Crippen molar-refractivity contribution in [3.05, 3.63) is 54.1 Å². The van der Waals surface area contributed by atoms with Crippen LogP contribution in [0, 0.1) is 0 Å². The Morgan fingerprint density at radius 3 is 2.46 bits per heavy atom. The van der Waals surface area contributed by atoms with E-state index in [0.29, 0.717) is 6.54 Å². The molecule has 2 aliphatic heterocycles. The summed E-state index contributed by atoms with van der Waals surface area (Å²) in [7, 11) is 0. The number of nitrogens with two attached hydrogens (primary N) is 1. The third-order valence-corrected chi connectivity index (χ3v) is 4.99. The highest BCUT2D eigenvalue weighted by Crippen LogP contribution is 2.31. The Balaban J connectivity index is 1.50. The second kappa shape index (κ2) is 6.07. The lowest BCUT2D eigenvalue weighted by Crippen LogP contribution is -2.53. The van der Waals surface area contributed by atoms with E-state index >= 15 is 0 Å². The van der Waals surface area contributed by atoms with Crippen molar-refractivity contribution in [3.63, 3.8) is 0 Å². The van der Waals surface area contributed by atoms with Crippen LogP contribution in [-0.2, 0) is 6.54 Å². The molecule has 5 heteroatoms. The van der Waals surface area contributed by atoms with Gasteiger partial charge >= 0.3 is 6.03 Å². The smallest absolute Gasteiger partial charge is 0.322 e. The first-order valence-electron chi connectivity index (χ1n) is 8.48. The van der Waals surface area contributed by atoms with Crippen LogP contribution in [0.3, 0.4) is 0 Å². The molecule has 0 atom stereocenters. The first kappa shape index (κ1) is 14.9. The first-order valence-corrected chi connectivity index (χ1v) is 8.48. The molecule has 0 bridgehead atoms. The van der Waals surface area contributed by atoms with Crippen LogP contribution in [0.2, 0.25) is 0 Å². The third-order valence-electron chi connectivity index (χ3n) is 4.99. The fourth-order valence-corrected chi connectivity index (χ4v) is 3.69. The van der Waals surface area contributed by atoms with Crippen molar-refractivity contribution < 1.29 is 4.79 Å². The number of benzene rings is 2. The van der Waals surface area contributed by atoms with Gasteiger partial charge in [0.05, 0.1) is 5.69 Å². The molecular formula is C19H22N4O. The Morgan fingerprint density at radius 2 is 1.71 bits per heavy atom. The minimum absolute atomic E-state index is 0.0274. The van der Waals surface area contributed by atoms with Crippen LogP contribution in [0.25, 0.3) is 0 Å². The zero-order chi connectivity index (χ0) is 16.5. The van der Waals surface area contributed by atoms with Crippen LogP contribution in [0.4, 0.5) is 21.9 Å². The molecule has 5 nitrogen and oxygen atoms in total. The van der Waals surface area contributed by atoms with Crippen LogP contribution < -0.4 is 20.9 Å². The van der Waals surface area contributed by atoms with Gasteiger partial charge in [-0.1, -0.05) is 18.2 Å². The highest BCUT2D eigenvalue weighted by atomic mass is 16.2. The quantitative estimate of drug-likeness (QED) is 0.836. The lowest BCUT2D eigenvalue weighted by atomic mass is 9.99. The predicted octanol–water partition coefficient (Wildman–Crippen LogP) is 2.97. The molecule has 2 aromatic carbocycles. The second-order valence-corrected chi connectivity index (χ2v) is 6.47. The van der Waals surface area contributed by atoms with Gasteiger partial charge in [-0.05, 0) is 48.7 Å². The number of carbonyl (C=O) groups excluding carboxylic acids is 1. The van der Waals surface area contributed by atoms with Gasteiger partial charge in [0.25, 0.3) is 0 Å². The summed E-state index contributed by atoms with van der Waals surface area (Å²) in [6, 6.07) is 16.5. The Morgan fingerprint density at radius 1 is 1.00 bits per heavy atom. The number of para-hydroxylation sites is 1. The molecule has 0 radical (unpaired) electrons. The zero-order valence-electron chi connectivity index (χ0n) is 13.6. The number of anilines is 3. The van der Waals surface area contributed by atoms with Crippen molar-refractivity contribution >= 4 is 23.1 Å². The number of nitrogen functional groups attached to an aromatic ring is 1. The van der Waals surface area contributed by atoms with Crippen molar-refractivity contribution in [2.24, 2.45) is 0 Å². The molecule has 24 heavy (non-hydrogen) atoms. The molecule has 1 saturated heterocycles. The molecule has 0 aliphatic carbocycles. The average molecular weight is 322 g/mol. The summed E-state index contributed by atoms with van der Waals surface area (Å²) < 4.78 is 0. The van der Waals surface area contributed by atoms with E-state index in [9.17, 15) is 4.79 Å². The predicted molar refractivity (Wildman–Crippen MR) is 97.2 cm³/mol. The maximum absolute atomic E-state index is 12.4. The van der Waals surface area contributed by atoms with Crippen molar-refractivity contribution in [3.8, 4) is 0 Å². The highest BCUT2D eigenvalue weighted by molar-refractivity contribution is 5.95. The van der Waals surface area contributed by atoms with Crippen molar-refractivity contribution in [1.82, 2.24) is 5.32 Å². The maximum atomic E-state index is 12.4. The molecular weight excluding hydrogens is 300 g/mol. The zero-order valence-corrected chi connectivity index (χ0v) is 13.6. The van der Waals surface area contributed by atoms with Crippen LogP contribution in [0.15, 0.2) is 48.5 Å². The Labute approximate surface area is 142 Å². The maximum Gasteiger partial charge on any atom is 0.322 e. The van der Waals surface area contributed by atoms with Crippen LogP contribution in [0.1, 0.15) is 18.4 Å². The van der Waals surface area contributed by atoms with E-state index in [2.05, 4.69) is 34.5 Å². The van der Waals surface area contributed by atoms with Gasteiger partial charge in [0.1, 0.15) is 0 Å². The Hall–Kier alpha value is -2.69. The van der Waals surface area contributed by atoms with Crippen molar-refractivity contribution in [1.29, 1.82) is 0 Å². The lowest BCUT2D eigenvalue weighted by molar-refractivity contribution is 0.240. The highest BCUT2D eigenvalue weighted by Gasteiger charge is 2.32. The normalized spacial score (nSPS) is 18.2. The topological polar surface area (TPSA) is 61.6 Å². The van der Waals surface area contributed by atoms with E-state index in [4.69, 9.17) is 5.73 Å².